The van der Waals surface area contributed by atoms with Crippen LogP contribution in [0.5, 0.6) is 11.5 Å². The number of carbonyl (C=O) groups is 1. The number of allylic oxidation sites excluding steroid dienone is 3. The molecule has 0 saturated carbocycles. The number of rotatable bonds is 6. The maximum absolute atomic E-state index is 11.7. The lowest BCUT2D eigenvalue weighted by Gasteiger charge is -2.11. The Bertz CT molecular complexity index is 549. The van der Waals surface area contributed by atoms with E-state index in [1.807, 2.05) is 24.3 Å². The molecule has 0 aliphatic heterocycles. The first-order chi connectivity index (χ1) is 9.74. The maximum atomic E-state index is 11.7. The van der Waals surface area contributed by atoms with Crippen LogP contribution in [0.25, 0.3) is 0 Å². The van der Waals surface area contributed by atoms with E-state index in [0.29, 0.717) is 23.5 Å². The van der Waals surface area contributed by atoms with Gasteiger partial charge in [-0.3, -0.25) is 9.63 Å². The molecule has 106 valence electrons. The van der Waals surface area contributed by atoms with Crippen LogP contribution in [0.2, 0.25) is 0 Å². The van der Waals surface area contributed by atoms with Crippen LogP contribution in [0.3, 0.4) is 0 Å². The Kier molecular flexibility index (Phi) is 4.79. The van der Waals surface area contributed by atoms with Crippen LogP contribution in [-0.2, 0) is 16.2 Å². The van der Waals surface area contributed by atoms with Crippen LogP contribution in [0.4, 0.5) is 0 Å². The van der Waals surface area contributed by atoms with Crippen molar-refractivity contribution in [2.45, 2.75) is 13.0 Å². The summed E-state index contributed by atoms with van der Waals surface area (Å²) in [5.41, 5.74) is 3.93. The smallest absolute Gasteiger partial charge is 0.271 e. The van der Waals surface area contributed by atoms with E-state index in [-0.39, 0.29) is 12.5 Å². The second kappa shape index (κ2) is 6.77. The minimum absolute atomic E-state index is 0.220. The van der Waals surface area contributed by atoms with Crippen molar-refractivity contribution < 1.29 is 19.1 Å². The summed E-state index contributed by atoms with van der Waals surface area (Å²) in [5, 5.41) is 0. The van der Waals surface area contributed by atoms with Gasteiger partial charge in [0.2, 0.25) is 0 Å². The normalized spacial score (nSPS) is 13.0. The van der Waals surface area contributed by atoms with Crippen molar-refractivity contribution in [2.75, 3.05) is 14.2 Å². The number of carbonyl (C=O) groups excluding carboxylic acids is 1. The number of hydroxylamine groups is 1. The van der Waals surface area contributed by atoms with Crippen molar-refractivity contribution in [3.63, 3.8) is 0 Å². The Morgan fingerprint density at radius 1 is 1.30 bits per heavy atom. The molecule has 0 unspecified atom stereocenters. The molecule has 0 heterocycles. The summed E-state index contributed by atoms with van der Waals surface area (Å²) < 4.78 is 10.4. The average Bonchev–Trinajstić information content (AvgIpc) is 3.01. The Morgan fingerprint density at radius 2 is 2.15 bits per heavy atom. The summed E-state index contributed by atoms with van der Waals surface area (Å²) in [5.74, 6) is 1.14. The molecule has 0 aromatic heterocycles. The molecule has 0 spiro atoms. The molecule has 1 amide bonds. The van der Waals surface area contributed by atoms with Gasteiger partial charge in [0, 0.05) is 17.2 Å². The minimum atomic E-state index is -0.220. The Hall–Kier alpha value is -2.27. The van der Waals surface area contributed by atoms with E-state index in [9.17, 15) is 4.79 Å². The highest BCUT2D eigenvalue weighted by atomic mass is 16.7. The van der Waals surface area contributed by atoms with Gasteiger partial charge in [-0.1, -0.05) is 18.2 Å². The summed E-state index contributed by atoms with van der Waals surface area (Å²) in [6, 6.07) is 5.41. The van der Waals surface area contributed by atoms with Crippen LogP contribution in [0, 0.1) is 0 Å². The SMILES string of the molecule is COc1ccc(CONC(=O)C2=CC=CC2)c(OC)c1. The number of nitrogens with one attached hydrogen (secondary N) is 1. The Balaban J connectivity index is 1.89. The maximum Gasteiger partial charge on any atom is 0.271 e. The second-order valence-electron chi connectivity index (χ2n) is 4.22. The van der Waals surface area contributed by atoms with Crippen LogP contribution in [0.1, 0.15) is 12.0 Å². The van der Waals surface area contributed by atoms with Gasteiger partial charge in [0.1, 0.15) is 18.1 Å². The Morgan fingerprint density at radius 3 is 2.80 bits per heavy atom. The first kappa shape index (κ1) is 14.1. The second-order valence-corrected chi connectivity index (χ2v) is 4.22. The van der Waals surface area contributed by atoms with Crippen LogP contribution in [-0.4, -0.2) is 20.1 Å². The van der Waals surface area contributed by atoms with E-state index >= 15 is 0 Å². The molecule has 20 heavy (non-hydrogen) atoms. The minimum Gasteiger partial charge on any atom is -0.497 e. The quantitative estimate of drug-likeness (QED) is 0.808. The zero-order chi connectivity index (χ0) is 14.4. The fraction of sp³-hybridized carbons (Fsp3) is 0.267. The number of methoxy groups -OCH3 is 2. The third-order valence-electron chi connectivity index (χ3n) is 2.95. The highest BCUT2D eigenvalue weighted by Crippen LogP contribution is 2.24. The first-order valence-corrected chi connectivity index (χ1v) is 6.23. The molecule has 5 nitrogen and oxygen atoms in total. The zero-order valence-electron chi connectivity index (χ0n) is 11.5. The van der Waals surface area contributed by atoms with Crippen LogP contribution in [0.15, 0.2) is 42.0 Å². The monoisotopic (exact) mass is 275 g/mol. The van der Waals surface area contributed by atoms with Gasteiger partial charge in [-0.25, -0.2) is 5.48 Å². The molecule has 0 fully saturated rings. The highest BCUT2D eigenvalue weighted by molar-refractivity contribution is 5.93. The fourth-order valence-corrected chi connectivity index (χ4v) is 1.83. The van der Waals surface area contributed by atoms with Gasteiger partial charge in [-0.15, -0.1) is 0 Å². The van der Waals surface area contributed by atoms with Gasteiger partial charge in [0.25, 0.3) is 5.91 Å². The molecule has 5 heteroatoms. The van der Waals surface area contributed by atoms with Gasteiger partial charge >= 0.3 is 0 Å². The van der Waals surface area contributed by atoms with Gasteiger partial charge in [0.15, 0.2) is 0 Å². The largest absolute Gasteiger partial charge is 0.497 e. The van der Waals surface area contributed by atoms with Crippen molar-refractivity contribution in [1.82, 2.24) is 5.48 Å². The third-order valence-corrected chi connectivity index (χ3v) is 2.95. The molecule has 0 bridgehead atoms. The molecule has 2 rings (SSSR count). The lowest BCUT2D eigenvalue weighted by Crippen LogP contribution is -2.24. The lowest BCUT2D eigenvalue weighted by atomic mass is 10.2. The van der Waals surface area contributed by atoms with Gasteiger partial charge < -0.3 is 9.47 Å². The summed E-state index contributed by atoms with van der Waals surface area (Å²) in [7, 11) is 3.17. The topological polar surface area (TPSA) is 56.8 Å². The van der Waals surface area contributed by atoms with E-state index < -0.39 is 0 Å². The Labute approximate surface area is 117 Å². The predicted molar refractivity (Wildman–Crippen MR) is 74.3 cm³/mol. The number of hydrogen-bond donors (Lipinski definition) is 1. The van der Waals surface area contributed by atoms with Crippen molar-refractivity contribution in [1.29, 1.82) is 0 Å². The number of amides is 1. The molecule has 1 aromatic rings. The van der Waals surface area contributed by atoms with E-state index in [0.717, 1.165) is 5.56 Å². The van der Waals surface area contributed by atoms with Crippen LogP contribution < -0.4 is 15.0 Å². The molecular weight excluding hydrogens is 258 g/mol. The zero-order valence-corrected chi connectivity index (χ0v) is 11.5. The summed E-state index contributed by atoms with van der Waals surface area (Å²) in [4.78, 5) is 16.9. The van der Waals surface area contributed by atoms with Crippen molar-refractivity contribution in [3.05, 3.63) is 47.6 Å². The molecule has 0 radical (unpaired) electrons. The molecule has 0 saturated heterocycles. The number of hydrogen-bond acceptors (Lipinski definition) is 4. The molecule has 1 aliphatic carbocycles. The third kappa shape index (κ3) is 3.39. The van der Waals surface area contributed by atoms with Crippen molar-refractivity contribution >= 4 is 5.91 Å². The van der Waals surface area contributed by atoms with E-state index in [1.54, 1.807) is 26.4 Å². The number of ether oxygens (including phenoxy) is 2. The molecule has 1 aliphatic rings. The standard InChI is InChI=1S/C15H17NO4/c1-18-13-8-7-12(14(9-13)19-2)10-20-16-15(17)11-5-3-4-6-11/h3-5,7-9H,6,10H2,1-2H3,(H,16,17). The first-order valence-electron chi connectivity index (χ1n) is 6.23. The van der Waals surface area contributed by atoms with Gasteiger partial charge in [-0.2, -0.15) is 0 Å². The van der Waals surface area contributed by atoms with Crippen LogP contribution >= 0.6 is 0 Å². The molecule has 0 atom stereocenters. The van der Waals surface area contributed by atoms with E-state index in [2.05, 4.69) is 5.48 Å². The summed E-state index contributed by atoms with van der Waals surface area (Å²) >= 11 is 0. The molecular formula is C15H17NO4. The van der Waals surface area contributed by atoms with Gasteiger partial charge in [-0.05, 0) is 18.6 Å². The highest BCUT2D eigenvalue weighted by Gasteiger charge is 2.11. The molecule has 1 N–H and O–H groups in total. The van der Waals surface area contributed by atoms with Gasteiger partial charge in [0.05, 0.1) is 14.2 Å². The fourth-order valence-electron chi connectivity index (χ4n) is 1.83. The summed E-state index contributed by atoms with van der Waals surface area (Å²) in [6.45, 7) is 0.222. The van der Waals surface area contributed by atoms with Crippen molar-refractivity contribution in [3.8, 4) is 11.5 Å². The average molecular weight is 275 g/mol. The predicted octanol–water partition coefficient (Wildman–Crippen LogP) is 2.14. The number of benzene rings is 1. The van der Waals surface area contributed by atoms with E-state index in [1.165, 1.54) is 0 Å². The lowest BCUT2D eigenvalue weighted by molar-refractivity contribution is -0.130. The molecule has 1 aromatic carbocycles. The van der Waals surface area contributed by atoms with Crippen molar-refractivity contribution in [2.24, 2.45) is 0 Å². The van der Waals surface area contributed by atoms with E-state index in [4.69, 9.17) is 14.3 Å². The summed E-state index contributed by atoms with van der Waals surface area (Å²) in [6.07, 6.45) is 6.18.